The van der Waals surface area contributed by atoms with Crippen LogP contribution < -0.4 is 10.6 Å². The van der Waals surface area contributed by atoms with Crippen molar-refractivity contribution in [2.24, 2.45) is 5.41 Å². The van der Waals surface area contributed by atoms with Gasteiger partial charge in [0, 0.05) is 30.7 Å². The van der Waals surface area contributed by atoms with E-state index in [0.29, 0.717) is 5.41 Å². The van der Waals surface area contributed by atoms with Crippen molar-refractivity contribution in [3.63, 3.8) is 0 Å². The van der Waals surface area contributed by atoms with Crippen molar-refractivity contribution in [1.82, 2.24) is 15.6 Å². The number of piperidine rings is 1. The summed E-state index contributed by atoms with van der Waals surface area (Å²) in [6.45, 7) is 8.90. The van der Waals surface area contributed by atoms with Gasteiger partial charge in [0.25, 0.3) is 0 Å². The summed E-state index contributed by atoms with van der Waals surface area (Å²) in [6.07, 6.45) is 8.40. The smallest absolute Gasteiger partial charge is 0.107 e. The molecule has 3 nitrogen and oxygen atoms in total. The lowest BCUT2D eigenvalue weighted by molar-refractivity contribution is 0.182. The van der Waals surface area contributed by atoms with Gasteiger partial charge in [0.05, 0.1) is 0 Å². The Hall–Kier alpha value is -0.450. The Balaban J connectivity index is 1.81. The average molecular weight is 281 g/mol. The predicted octanol–water partition coefficient (Wildman–Crippen LogP) is 2.97. The van der Waals surface area contributed by atoms with Gasteiger partial charge in [0.1, 0.15) is 5.01 Å². The van der Waals surface area contributed by atoms with Crippen LogP contribution in [0.4, 0.5) is 0 Å². The van der Waals surface area contributed by atoms with Crippen molar-refractivity contribution in [3.05, 3.63) is 16.1 Å². The summed E-state index contributed by atoms with van der Waals surface area (Å²) in [5, 5.41) is 8.44. The largest absolute Gasteiger partial charge is 0.316 e. The normalized spacial score (nSPS) is 23.7. The minimum atomic E-state index is 0.470. The summed E-state index contributed by atoms with van der Waals surface area (Å²) in [7, 11) is 0. The van der Waals surface area contributed by atoms with Gasteiger partial charge in [0.15, 0.2) is 0 Å². The first-order chi connectivity index (χ1) is 9.28. The summed E-state index contributed by atoms with van der Waals surface area (Å²) in [4.78, 5) is 5.87. The number of rotatable bonds is 7. The van der Waals surface area contributed by atoms with Crippen LogP contribution in [-0.4, -0.2) is 24.6 Å². The van der Waals surface area contributed by atoms with Gasteiger partial charge < -0.3 is 10.6 Å². The highest BCUT2D eigenvalue weighted by molar-refractivity contribution is 7.11. The molecule has 2 N–H and O–H groups in total. The maximum atomic E-state index is 4.48. The lowest BCUT2D eigenvalue weighted by Gasteiger charge is -2.38. The zero-order valence-corrected chi connectivity index (χ0v) is 13.1. The van der Waals surface area contributed by atoms with E-state index in [2.05, 4.69) is 29.5 Å². The van der Waals surface area contributed by atoms with Crippen molar-refractivity contribution < 1.29 is 0 Å². The van der Waals surface area contributed by atoms with E-state index in [0.717, 1.165) is 19.5 Å². The highest BCUT2D eigenvalue weighted by atomic mass is 32.1. The maximum Gasteiger partial charge on any atom is 0.107 e. The molecule has 0 amide bonds. The van der Waals surface area contributed by atoms with Gasteiger partial charge in [-0.25, -0.2) is 4.98 Å². The molecule has 1 aliphatic heterocycles. The molecule has 1 saturated heterocycles. The third-order valence-corrected chi connectivity index (χ3v) is 5.21. The van der Waals surface area contributed by atoms with Gasteiger partial charge in [0.2, 0.25) is 0 Å². The molecule has 0 saturated carbocycles. The zero-order chi connectivity index (χ0) is 13.6. The van der Waals surface area contributed by atoms with Crippen molar-refractivity contribution in [3.8, 4) is 0 Å². The van der Waals surface area contributed by atoms with Crippen LogP contribution in [-0.2, 0) is 13.0 Å². The SMILES string of the molecule is CCCC1(CNCc2ncc(CC)s2)CCCNC1. The number of aromatic nitrogens is 1. The molecule has 0 aromatic carbocycles. The second-order valence-electron chi connectivity index (χ2n) is 5.71. The van der Waals surface area contributed by atoms with Gasteiger partial charge in [-0.2, -0.15) is 0 Å². The van der Waals surface area contributed by atoms with Crippen LogP contribution >= 0.6 is 11.3 Å². The molecule has 0 aliphatic carbocycles. The molecule has 1 aromatic heterocycles. The molecule has 1 unspecified atom stereocenters. The number of hydrogen-bond donors (Lipinski definition) is 2. The molecule has 108 valence electrons. The van der Waals surface area contributed by atoms with Gasteiger partial charge in [-0.3, -0.25) is 0 Å². The second-order valence-corrected chi connectivity index (χ2v) is 6.91. The fourth-order valence-electron chi connectivity index (χ4n) is 3.04. The quantitative estimate of drug-likeness (QED) is 0.807. The Morgan fingerprint density at radius 3 is 3.00 bits per heavy atom. The molecule has 19 heavy (non-hydrogen) atoms. The molecule has 2 heterocycles. The Kier molecular flexibility index (Phi) is 5.79. The third kappa shape index (κ3) is 4.26. The summed E-state index contributed by atoms with van der Waals surface area (Å²) in [5.74, 6) is 0. The van der Waals surface area contributed by atoms with Crippen LogP contribution in [0.5, 0.6) is 0 Å². The molecule has 1 atom stereocenters. The van der Waals surface area contributed by atoms with Crippen molar-refractivity contribution >= 4 is 11.3 Å². The first-order valence-electron chi connectivity index (χ1n) is 7.63. The topological polar surface area (TPSA) is 37.0 Å². The van der Waals surface area contributed by atoms with E-state index in [1.165, 1.54) is 48.7 Å². The third-order valence-electron chi connectivity index (χ3n) is 4.07. The first kappa shape index (κ1) is 14.9. The Morgan fingerprint density at radius 1 is 1.47 bits per heavy atom. The van der Waals surface area contributed by atoms with Crippen molar-refractivity contribution in [2.45, 2.75) is 52.5 Å². The number of nitrogens with zero attached hydrogens (tertiary/aromatic N) is 1. The molecule has 4 heteroatoms. The molecular weight excluding hydrogens is 254 g/mol. The van der Waals surface area contributed by atoms with E-state index >= 15 is 0 Å². The standard InChI is InChI=1S/C15H27N3S/c1-3-6-15(7-5-8-16-11-15)12-17-10-14-18-9-13(4-2)19-14/h9,16-17H,3-8,10-12H2,1-2H3. The van der Waals surface area contributed by atoms with E-state index < -0.39 is 0 Å². The van der Waals surface area contributed by atoms with Crippen LogP contribution in [0.15, 0.2) is 6.20 Å². The van der Waals surface area contributed by atoms with Crippen molar-refractivity contribution in [2.75, 3.05) is 19.6 Å². The Bertz CT molecular complexity index is 364. The molecule has 0 spiro atoms. The summed E-state index contributed by atoms with van der Waals surface area (Å²) in [6, 6.07) is 0. The van der Waals surface area contributed by atoms with Crippen LogP contribution in [0.3, 0.4) is 0 Å². The Labute approximate surface area is 121 Å². The van der Waals surface area contributed by atoms with E-state index in [1.807, 2.05) is 17.5 Å². The van der Waals surface area contributed by atoms with Gasteiger partial charge in [-0.15, -0.1) is 11.3 Å². The number of thiazole rings is 1. The van der Waals surface area contributed by atoms with Gasteiger partial charge in [-0.1, -0.05) is 20.3 Å². The first-order valence-corrected chi connectivity index (χ1v) is 8.44. The van der Waals surface area contributed by atoms with Crippen LogP contribution in [0.2, 0.25) is 0 Å². The van der Waals surface area contributed by atoms with Crippen molar-refractivity contribution in [1.29, 1.82) is 0 Å². The molecule has 1 fully saturated rings. The lowest BCUT2D eigenvalue weighted by atomic mass is 9.77. The van der Waals surface area contributed by atoms with E-state index in [-0.39, 0.29) is 0 Å². The number of nitrogens with one attached hydrogen (secondary N) is 2. The molecule has 2 rings (SSSR count). The highest BCUT2D eigenvalue weighted by Gasteiger charge is 2.30. The number of hydrogen-bond acceptors (Lipinski definition) is 4. The van der Waals surface area contributed by atoms with Crippen LogP contribution in [0, 0.1) is 5.41 Å². The fraction of sp³-hybridized carbons (Fsp3) is 0.800. The van der Waals surface area contributed by atoms with E-state index in [9.17, 15) is 0 Å². The minimum absolute atomic E-state index is 0.470. The van der Waals surface area contributed by atoms with Crippen LogP contribution in [0.25, 0.3) is 0 Å². The molecular formula is C15H27N3S. The van der Waals surface area contributed by atoms with Gasteiger partial charge >= 0.3 is 0 Å². The summed E-state index contributed by atoms with van der Waals surface area (Å²) < 4.78 is 0. The maximum absolute atomic E-state index is 4.48. The minimum Gasteiger partial charge on any atom is -0.316 e. The van der Waals surface area contributed by atoms with E-state index in [4.69, 9.17) is 0 Å². The molecule has 0 bridgehead atoms. The molecule has 1 aliphatic rings. The highest BCUT2D eigenvalue weighted by Crippen LogP contribution is 2.30. The van der Waals surface area contributed by atoms with Crippen LogP contribution in [0.1, 0.15) is 49.4 Å². The molecule has 1 aromatic rings. The van der Waals surface area contributed by atoms with Gasteiger partial charge in [-0.05, 0) is 37.6 Å². The number of aryl methyl sites for hydroxylation is 1. The van der Waals surface area contributed by atoms with E-state index in [1.54, 1.807) is 0 Å². The fourth-order valence-corrected chi connectivity index (χ4v) is 3.87. The average Bonchev–Trinajstić information content (AvgIpc) is 2.88. The lowest BCUT2D eigenvalue weighted by Crippen LogP contribution is -2.46. The zero-order valence-electron chi connectivity index (χ0n) is 12.3. The predicted molar refractivity (Wildman–Crippen MR) is 82.6 cm³/mol. The summed E-state index contributed by atoms with van der Waals surface area (Å²) >= 11 is 1.84. The molecule has 0 radical (unpaired) electrons. The summed E-state index contributed by atoms with van der Waals surface area (Å²) in [5.41, 5.74) is 0.470. The monoisotopic (exact) mass is 281 g/mol. The second kappa shape index (κ2) is 7.36. The Morgan fingerprint density at radius 2 is 2.37 bits per heavy atom.